The van der Waals surface area contributed by atoms with Gasteiger partial charge in [-0.3, -0.25) is 0 Å². The van der Waals surface area contributed by atoms with Crippen LogP contribution in [-0.4, -0.2) is 28.8 Å². The second-order valence-electron chi connectivity index (χ2n) is 7.19. The average Bonchev–Trinajstić information content (AvgIpc) is 2.59. The zero-order valence-electron chi connectivity index (χ0n) is 16.0. The molecule has 0 fully saturated rings. The van der Waals surface area contributed by atoms with Crippen molar-refractivity contribution < 1.29 is 24.2 Å². The minimum atomic E-state index is -1.08. The van der Waals surface area contributed by atoms with E-state index in [1.807, 2.05) is 0 Å². The number of halogens is 3. The van der Waals surface area contributed by atoms with E-state index in [0.29, 0.717) is 5.56 Å². The molecular weight excluding hydrogens is 441 g/mol. The average molecular weight is 461 g/mol. The molecule has 0 spiro atoms. The number of phenolic OH excluding ortho intramolecular Hbond substituents is 1. The van der Waals surface area contributed by atoms with Gasteiger partial charge in [-0.15, -0.1) is 0 Å². The van der Waals surface area contributed by atoms with Gasteiger partial charge in [-0.1, -0.05) is 46.9 Å². The fourth-order valence-electron chi connectivity index (χ4n) is 2.27. The number of carbonyl (C=O) groups is 2. The van der Waals surface area contributed by atoms with Gasteiger partial charge in [-0.05, 0) is 44.5 Å². The van der Waals surface area contributed by atoms with E-state index in [1.165, 1.54) is 24.3 Å². The van der Waals surface area contributed by atoms with Crippen molar-refractivity contribution in [3.05, 3.63) is 57.0 Å². The van der Waals surface area contributed by atoms with E-state index in [1.54, 1.807) is 32.9 Å². The lowest BCUT2D eigenvalue weighted by Gasteiger charge is -2.23. The van der Waals surface area contributed by atoms with Gasteiger partial charge in [0.1, 0.15) is 17.4 Å². The molecule has 0 aliphatic rings. The quantitative estimate of drug-likeness (QED) is 0.355. The van der Waals surface area contributed by atoms with Crippen LogP contribution in [0.4, 0.5) is 4.79 Å². The SMILES string of the molecule is CC(C)(C)OC(=O)NC(Cc1ccc(O)cc1)C(=O)Oc1cc(Cl)c(Cl)cc1Cl. The molecule has 0 aliphatic heterocycles. The number of aromatic hydroxyl groups is 1. The molecule has 2 aromatic carbocycles. The molecule has 2 N–H and O–H groups in total. The van der Waals surface area contributed by atoms with Crippen molar-refractivity contribution in [3.63, 3.8) is 0 Å². The number of phenols is 1. The molecule has 0 saturated carbocycles. The summed E-state index contributed by atoms with van der Waals surface area (Å²) in [5.74, 6) is -0.687. The lowest BCUT2D eigenvalue weighted by Crippen LogP contribution is -2.46. The van der Waals surface area contributed by atoms with Crippen LogP contribution in [0.3, 0.4) is 0 Å². The number of hydrogen-bond acceptors (Lipinski definition) is 5. The number of amides is 1. The molecular formula is C20H20Cl3NO5. The molecule has 0 radical (unpaired) electrons. The van der Waals surface area contributed by atoms with Gasteiger partial charge in [0.15, 0.2) is 5.75 Å². The van der Waals surface area contributed by atoms with Crippen LogP contribution in [0, 0.1) is 0 Å². The number of carbonyl (C=O) groups excluding carboxylic acids is 2. The number of rotatable bonds is 5. The molecule has 1 atom stereocenters. The van der Waals surface area contributed by atoms with Gasteiger partial charge >= 0.3 is 12.1 Å². The van der Waals surface area contributed by atoms with E-state index < -0.39 is 23.7 Å². The summed E-state index contributed by atoms with van der Waals surface area (Å²) in [7, 11) is 0. The van der Waals surface area contributed by atoms with E-state index >= 15 is 0 Å². The Balaban J connectivity index is 2.22. The smallest absolute Gasteiger partial charge is 0.408 e. The third-order valence-electron chi connectivity index (χ3n) is 3.54. The normalized spacial score (nSPS) is 12.2. The van der Waals surface area contributed by atoms with Crippen LogP contribution in [0.2, 0.25) is 15.1 Å². The van der Waals surface area contributed by atoms with Gasteiger partial charge in [-0.25, -0.2) is 9.59 Å². The number of esters is 1. The van der Waals surface area contributed by atoms with E-state index in [4.69, 9.17) is 44.3 Å². The summed E-state index contributed by atoms with van der Waals surface area (Å²) >= 11 is 17.9. The molecule has 0 heterocycles. The van der Waals surface area contributed by atoms with Crippen molar-refractivity contribution in [2.75, 3.05) is 0 Å². The molecule has 0 saturated heterocycles. The Morgan fingerprint density at radius 3 is 2.21 bits per heavy atom. The lowest BCUT2D eigenvalue weighted by molar-refractivity contribution is -0.136. The van der Waals surface area contributed by atoms with Crippen LogP contribution >= 0.6 is 34.8 Å². The minimum Gasteiger partial charge on any atom is -0.508 e. The Labute approximate surface area is 183 Å². The lowest BCUT2D eigenvalue weighted by atomic mass is 10.1. The first kappa shape index (κ1) is 23.1. The molecule has 29 heavy (non-hydrogen) atoms. The summed E-state index contributed by atoms with van der Waals surface area (Å²) in [4.78, 5) is 24.9. The summed E-state index contributed by atoms with van der Waals surface area (Å²) in [6, 6.07) is 7.78. The highest BCUT2D eigenvalue weighted by Gasteiger charge is 2.27. The minimum absolute atomic E-state index is 0.00719. The number of hydrogen-bond donors (Lipinski definition) is 2. The summed E-state index contributed by atoms with van der Waals surface area (Å²) in [5, 5.41) is 12.4. The van der Waals surface area contributed by atoms with Crippen molar-refractivity contribution in [1.82, 2.24) is 5.32 Å². The molecule has 6 nitrogen and oxygen atoms in total. The Bertz CT molecular complexity index is 894. The van der Waals surface area contributed by atoms with E-state index in [2.05, 4.69) is 5.32 Å². The Morgan fingerprint density at radius 2 is 1.62 bits per heavy atom. The summed E-state index contributed by atoms with van der Waals surface area (Å²) in [6.07, 6.45) is -0.685. The van der Waals surface area contributed by atoms with Gasteiger partial charge in [0.05, 0.1) is 15.1 Å². The van der Waals surface area contributed by atoms with Gasteiger partial charge in [0.2, 0.25) is 0 Å². The molecule has 1 amide bonds. The fraction of sp³-hybridized carbons (Fsp3) is 0.300. The first-order valence-electron chi connectivity index (χ1n) is 8.58. The van der Waals surface area contributed by atoms with E-state index in [-0.39, 0.29) is 33.0 Å². The zero-order chi connectivity index (χ0) is 21.8. The van der Waals surface area contributed by atoms with Crippen molar-refractivity contribution in [2.24, 2.45) is 0 Å². The number of alkyl carbamates (subject to hydrolysis) is 1. The van der Waals surface area contributed by atoms with Crippen LogP contribution in [0.1, 0.15) is 26.3 Å². The van der Waals surface area contributed by atoms with Crippen molar-refractivity contribution >= 4 is 46.9 Å². The molecule has 2 rings (SSSR count). The van der Waals surface area contributed by atoms with Crippen LogP contribution < -0.4 is 10.1 Å². The molecule has 156 valence electrons. The number of ether oxygens (including phenoxy) is 2. The molecule has 1 unspecified atom stereocenters. The summed E-state index contributed by atoms with van der Waals surface area (Å²) in [6.45, 7) is 5.11. The first-order valence-corrected chi connectivity index (χ1v) is 9.71. The van der Waals surface area contributed by atoms with Gasteiger partial charge in [-0.2, -0.15) is 0 Å². The largest absolute Gasteiger partial charge is 0.508 e. The second-order valence-corrected chi connectivity index (χ2v) is 8.41. The zero-order valence-corrected chi connectivity index (χ0v) is 18.2. The number of benzene rings is 2. The molecule has 2 aromatic rings. The van der Waals surface area contributed by atoms with Crippen molar-refractivity contribution in [1.29, 1.82) is 0 Å². The van der Waals surface area contributed by atoms with Crippen LogP contribution in [0.15, 0.2) is 36.4 Å². The van der Waals surface area contributed by atoms with Crippen LogP contribution in [0.25, 0.3) is 0 Å². The van der Waals surface area contributed by atoms with E-state index in [0.717, 1.165) is 0 Å². The molecule has 9 heteroatoms. The Kier molecular flexibility index (Phi) is 7.63. The maximum atomic E-state index is 12.8. The highest BCUT2D eigenvalue weighted by molar-refractivity contribution is 6.43. The van der Waals surface area contributed by atoms with Gasteiger partial charge < -0.3 is 19.9 Å². The third-order valence-corrected chi connectivity index (χ3v) is 4.55. The van der Waals surface area contributed by atoms with Crippen molar-refractivity contribution in [3.8, 4) is 11.5 Å². The van der Waals surface area contributed by atoms with Gasteiger partial charge in [0.25, 0.3) is 0 Å². The third kappa shape index (κ3) is 7.31. The topological polar surface area (TPSA) is 84.9 Å². The van der Waals surface area contributed by atoms with E-state index in [9.17, 15) is 14.7 Å². The van der Waals surface area contributed by atoms with Crippen LogP contribution in [0.5, 0.6) is 11.5 Å². The monoisotopic (exact) mass is 459 g/mol. The Hall–Kier alpha value is -2.15. The maximum Gasteiger partial charge on any atom is 0.408 e. The second kappa shape index (κ2) is 9.57. The van der Waals surface area contributed by atoms with Crippen LogP contribution in [-0.2, 0) is 16.0 Å². The molecule has 0 aliphatic carbocycles. The van der Waals surface area contributed by atoms with Gasteiger partial charge in [0, 0.05) is 12.5 Å². The Morgan fingerprint density at radius 1 is 1.03 bits per heavy atom. The fourth-order valence-corrected chi connectivity index (χ4v) is 2.85. The predicted molar refractivity (Wildman–Crippen MR) is 112 cm³/mol. The van der Waals surface area contributed by atoms with Crippen molar-refractivity contribution in [2.45, 2.75) is 38.8 Å². The predicted octanol–water partition coefficient (Wildman–Crippen LogP) is 5.39. The standard InChI is InChI=1S/C20H20Cl3NO5/c1-20(2,3)29-19(27)24-16(8-11-4-6-12(25)7-5-11)18(26)28-17-10-14(22)13(21)9-15(17)23/h4-7,9-10,16,25H,8H2,1-3H3,(H,24,27). The first-order chi connectivity index (χ1) is 13.4. The highest BCUT2D eigenvalue weighted by Crippen LogP contribution is 2.34. The molecule has 0 aromatic heterocycles. The number of nitrogens with one attached hydrogen (secondary N) is 1. The summed E-state index contributed by atoms with van der Waals surface area (Å²) in [5.41, 5.74) is -0.0644. The highest BCUT2D eigenvalue weighted by atomic mass is 35.5. The maximum absolute atomic E-state index is 12.8. The molecule has 0 bridgehead atoms. The summed E-state index contributed by atoms with van der Waals surface area (Å²) < 4.78 is 10.6.